The minimum absolute atomic E-state index is 0.0737. The van der Waals surface area contributed by atoms with Crippen molar-refractivity contribution in [1.82, 2.24) is 0 Å². The van der Waals surface area contributed by atoms with Crippen molar-refractivity contribution in [1.29, 1.82) is 5.26 Å². The van der Waals surface area contributed by atoms with Gasteiger partial charge in [0.2, 0.25) is 10.0 Å². The number of sulfonamides is 1. The first-order chi connectivity index (χ1) is 15.9. The second kappa shape index (κ2) is 8.38. The van der Waals surface area contributed by atoms with Gasteiger partial charge < -0.3 is 9.64 Å². The maximum Gasteiger partial charge on any atom is 0.422 e. The van der Waals surface area contributed by atoms with Crippen molar-refractivity contribution in [3.8, 4) is 11.8 Å². The van der Waals surface area contributed by atoms with E-state index < -0.39 is 34.3 Å². The molecule has 0 spiro atoms. The van der Waals surface area contributed by atoms with E-state index in [0.29, 0.717) is 29.9 Å². The number of alkyl halides is 3. The number of halogens is 3. The van der Waals surface area contributed by atoms with Gasteiger partial charge in [-0.1, -0.05) is 18.2 Å². The molecule has 0 aromatic heterocycles. The van der Waals surface area contributed by atoms with Gasteiger partial charge in [-0.25, -0.2) is 8.42 Å². The van der Waals surface area contributed by atoms with Crippen LogP contribution in [0, 0.1) is 11.3 Å². The summed E-state index contributed by atoms with van der Waals surface area (Å²) in [7, 11) is -3.31. The zero-order valence-corrected chi connectivity index (χ0v) is 19.9. The summed E-state index contributed by atoms with van der Waals surface area (Å²) in [5.41, 5.74) is 1.76. The predicted octanol–water partition coefficient (Wildman–Crippen LogP) is 4.92. The molecule has 1 fully saturated rings. The number of rotatable bonds is 5. The molecule has 6 nitrogen and oxygen atoms in total. The van der Waals surface area contributed by atoms with Gasteiger partial charge in [-0.3, -0.25) is 4.31 Å². The fourth-order valence-electron chi connectivity index (χ4n) is 4.93. The first kappa shape index (κ1) is 24.2. The van der Waals surface area contributed by atoms with Crippen LogP contribution < -0.4 is 13.9 Å². The highest BCUT2D eigenvalue weighted by Gasteiger charge is 2.50. The quantitative estimate of drug-likeness (QED) is 0.591. The lowest BCUT2D eigenvalue weighted by atomic mass is 9.77. The predicted molar refractivity (Wildman–Crippen MR) is 124 cm³/mol. The van der Waals surface area contributed by atoms with Crippen LogP contribution in [0.3, 0.4) is 0 Å². The Hall–Kier alpha value is -2.93. The van der Waals surface area contributed by atoms with Crippen LogP contribution in [0.15, 0.2) is 42.5 Å². The molecule has 4 rings (SSSR count). The van der Waals surface area contributed by atoms with E-state index in [1.54, 1.807) is 24.3 Å². The summed E-state index contributed by atoms with van der Waals surface area (Å²) < 4.78 is 68.9. The van der Waals surface area contributed by atoms with Gasteiger partial charge >= 0.3 is 6.18 Å². The maximum absolute atomic E-state index is 12.7. The van der Waals surface area contributed by atoms with E-state index in [1.807, 2.05) is 37.8 Å². The minimum Gasteiger partial charge on any atom is -0.484 e. The van der Waals surface area contributed by atoms with Crippen molar-refractivity contribution in [3.63, 3.8) is 0 Å². The third-order valence-corrected chi connectivity index (χ3v) is 8.29. The minimum atomic E-state index is -4.45. The smallest absolute Gasteiger partial charge is 0.422 e. The molecular formula is C24H26F3N3O3S. The van der Waals surface area contributed by atoms with E-state index in [1.165, 1.54) is 10.4 Å². The van der Waals surface area contributed by atoms with Gasteiger partial charge in [-0.15, -0.1) is 0 Å². The molecule has 2 heterocycles. The summed E-state index contributed by atoms with van der Waals surface area (Å²) in [4.78, 5) is 2.01. The van der Waals surface area contributed by atoms with Crippen molar-refractivity contribution < 1.29 is 26.3 Å². The van der Waals surface area contributed by atoms with Crippen LogP contribution in [0.25, 0.3) is 0 Å². The number of hydrogen-bond donors (Lipinski definition) is 0. The number of fused-ring (bicyclic) bond motifs is 1. The molecule has 2 atom stereocenters. The molecule has 2 unspecified atom stereocenters. The number of nitrogens with zero attached hydrogens (tertiary/aromatic N) is 3. The fourth-order valence-corrected chi connectivity index (χ4v) is 6.49. The SMILES string of the molecule is CC(C)N1c2cc(OCC(F)(F)F)ccc2C(C)(C#N)C1c1ccc(N2CCCS2(=O)=O)cc1. The third-order valence-electron chi connectivity index (χ3n) is 6.42. The Bertz CT molecular complexity index is 1220. The van der Waals surface area contributed by atoms with Crippen LogP contribution in [0.1, 0.15) is 44.4 Å². The topological polar surface area (TPSA) is 73.6 Å². The molecule has 2 aliphatic rings. The second-order valence-electron chi connectivity index (χ2n) is 9.13. The average Bonchev–Trinajstić information content (AvgIpc) is 3.26. The molecule has 0 saturated carbocycles. The maximum atomic E-state index is 12.7. The first-order valence-electron chi connectivity index (χ1n) is 11.0. The molecular weight excluding hydrogens is 467 g/mol. The van der Waals surface area contributed by atoms with Gasteiger partial charge in [0.15, 0.2) is 6.61 Å². The molecule has 2 aromatic rings. The zero-order chi connectivity index (χ0) is 24.9. The van der Waals surface area contributed by atoms with Crippen LogP contribution >= 0.6 is 0 Å². The summed E-state index contributed by atoms with van der Waals surface area (Å²) in [6, 6.07) is 13.7. The van der Waals surface area contributed by atoms with Crippen LogP contribution in [-0.2, 0) is 15.4 Å². The normalized spacial score (nSPS) is 23.8. The van der Waals surface area contributed by atoms with E-state index in [0.717, 1.165) is 5.56 Å². The monoisotopic (exact) mass is 493 g/mol. The number of benzene rings is 2. The van der Waals surface area contributed by atoms with E-state index in [-0.39, 0.29) is 17.5 Å². The number of anilines is 2. The highest BCUT2D eigenvalue weighted by Crippen LogP contribution is 2.54. The lowest BCUT2D eigenvalue weighted by Crippen LogP contribution is -2.38. The van der Waals surface area contributed by atoms with Crippen LogP contribution in [0.2, 0.25) is 0 Å². The fraction of sp³-hybridized carbons (Fsp3) is 0.458. The summed E-state index contributed by atoms with van der Waals surface area (Å²) >= 11 is 0. The molecule has 2 aliphatic heterocycles. The Morgan fingerprint density at radius 3 is 2.41 bits per heavy atom. The number of hydrogen-bond acceptors (Lipinski definition) is 5. The van der Waals surface area contributed by atoms with Crippen molar-refractivity contribution in [3.05, 3.63) is 53.6 Å². The summed E-state index contributed by atoms with van der Waals surface area (Å²) in [6.45, 7) is 4.76. The van der Waals surface area contributed by atoms with Gasteiger partial charge in [0.1, 0.15) is 11.2 Å². The Morgan fingerprint density at radius 1 is 1.21 bits per heavy atom. The number of nitriles is 1. The molecule has 10 heteroatoms. The van der Waals surface area contributed by atoms with E-state index in [4.69, 9.17) is 4.74 Å². The molecule has 2 aromatic carbocycles. The van der Waals surface area contributed by atoms with Crippen LogP contribution in [-0.4, -0.2) is 39.5 Å². The molecule has 0 radical (unpaired) electrons. The lowest BCUT2D eigenvalue weighted by molar-refractivity contribution is -0.153. The van der Waals surface area contributed by atoms with Gasteiger partial charge in [0.25, 0.3) is 0 Å². The summed E-state index contributed by atoms with van der Waals surface area (Å²) in [5.74, 6) is 0.205. The first-order valence-corrected chi connectivity index (χ1v) is 12.6. The molecule has 1 saturated heterocycles. The molecule has 0 N–H and O–H groups in total. The Labute approximate surface area is 197 Å². The van der Waals surface area contributed by atoms with Crippen molar-refractivity contribution in [2.75, 3.05) is 28.1 Å². The van der Waals surface area contributed by atoms with Gasteiger partial charge in [0, 0.05) is 24.3 Å². The van der Waals surface area contributed by atoms with Crippen LogP contribution in [0.5, 0.6) is 5.75 Å². The lowest BCUT2D eigenvalue weighted by Gasteiger charge is -2.36. The summed E-state index contributed by atoms with van der Waals surface area (Å²) in [6.07, 6.45) is -3.88. The molecule has 34 heavy (non-hydrogen) atoms. The number of ether oxygens (including phenoxy) is 1. The molecule has 0 aliphatic carbocycles. The standard InChI is InChI=1S/C24H26F3N3O3S/c1-16(2)30-21-13-19(33-15-24(25,26)27)9-10-20(21)23(3,14-28)22(30)17-5-7-18(8-6-17)29-11-4-12-34(29,31)32/h5-10,13,16,22H,4,11-12,15H2,1-3H3. The largest absolute Gasteiger partial charge is 0.484 e. The van der Waals surface area contributed by atoms with Gasteiger partial charge in [-0.05, 0) is 56.5 Å². The highest BCUT2D eigenvalue weighted by molar-refractivity contribution is 7.93. The second-order valence-corrected chi connectivity index (χ2v) is 11.1. The zero-order valence-electron chi connectivity index (χ0n) is 19.1. The Morgan fingerprint density at radius 2 is 1.88 bits per heavy atom. The van der Waals surface area contributed by atoms with Crippen molar-refractivity contribution in [2.45, 2.75) is 50.9 Å². The van der Waals surface area contributed by atoms with E-state index >= 15 is 0 Å². The summed E-state index contributed by atoms with van der Waals surface area (Å²) in [5, 5.41) is 10.2. The van der Waals surface area contributed by atoms with Gasteiger partial charge in [0.05, 0.1) is 23.6 Å². The molecule has 0 bridgehead atoms. The third kappa shape index (κ3) is 4.17. The van der Waals surface area contributed by atoms with E-state index in [9.17, 15) is 26.9 Å². The molecule has 0 amide bonds. The Balaban J connectivity index is 1.73. The van der Waals surface area contributed by atoms with E-state index in [2.05, 4.69) is 6.07 Å². The van der Waals surface area contributed by atoms with Crippen LogP contribution in [0.4, 0.5) is 24.5 Å². The van der Waals surface area contributed by atoms with Crippen molar-refractivity contribution in [2.24, 2.45) is 0 Å². The molecule has 182 valence electrons. The van der Waals surface area contributed by atoms with Crippen molar-refractivity contribution >= 4 is 21.4 Å². The van der Waals surface area contributed by atoms with Gasteiger partial charge in [-0.2, -0.15) is 18.4 Å². The Kier molecular flexibility index (Phi) is 5.96. The average molecular weight is 494 g/mol. The highest BCUT2D eigenvalue weighted by atomic mass is 32.2.